The zero-order valence-electron chi connectivity index (χ0n) is 49.3. The van der Waals surface area contributed by atoms with E-state index in [1.807, 2.05) is 0 Å². The van der Waals surface area contributed by atoms with E-state index in [1.54, 1.807) is 120 Å². The molecule has 81 heavy (non-hydrogen) atoms. The summed E-state index contributed by atoms with van der Waals surface area (Å²) in [5.74, 6) is -4.58. The van der Waals surface area contributed by atoms with Crippen LogP contribution in [0.5, 0.6) is 11.5 Å². The Morgan fingerprint density at radius 1 is 0.741 bits per heavy atom. The number of hydrogen-bond acceptors (Lipinski definition) is 15. The van der Waals surface area contributed by atoms with E-state index in [4.69, 9.17) is 23.7 Å². The van der Waals surface area contributed by atoms with Gasteiger partial charge >= 0.3 is 18.3 Å². The van der Waals surface area contributed by atoms with Crippen molar-refractivity contribution in [1.29, 1.82) is 0 Å². The highest BCUT2D eigenvalue weighted by molar-refractivity contribution is 5.99. The lowest BCUT2D eigenvalue weighted by Crippen LogP contribution is -2.57. The van der Waals surface area contributed by atoms with Crippen molar-refractivity contribution in [3.8, 4) is 22.6 Å². The number of hydrogen-bond donors (Lipinski definition) is 9. The molecule has 0 fully saturated rings. The lowest BCUT2D eigenvalue weighted by Gasteiger charge is -2.33. The summed E-state index contributed by atoms with van der Waals surface area (Å²) in [7, 11) is 1.33. The van der Waals surface area contributed by atoms with Crippen molar-refractivity contribution in [1.82, 2.24) is 47.6 Å². The van der Waals surface area contributed by atoms with E-state index < -0.39 is 101 Å². The second-order valence-corrected chi connectivity index (χ2v) is 22.3. The number of ether oxygens (including phenoxy) is 5. The Hall–Kier alpha value is -8.15. The lowest BCUT2D eigenvalue weighted by atomic mass is 9.93. The Kier molecular flexibility index (Phi) is 24.8. The number of fused-ring (bicyclic) bond motifs is 5. The molecule has 0 aromatic heterocycles. The Morgan fingerprint density at radius 3 is 1.75 bits per heavy atom. The first-order chi connectivity index (χ1) is 37.6. The highest BCUT2D eigenvalue weighted by Crippen LogP contribution is 2.40. The van der Waals surface area contributed by atoms with Crippen LogP contribution in [0.15, 0.2) is 71.8 Å². The van der Waals surface area contributed by atoms with Crippen molar-refractivity contribution in [3.05, 3.63) is 83.0 Å². The quantitative estimate of drug-likeness (QED) is 0.0208. The van der Waals surface area contributed by atoms with Gasteiger partial charge < -0.3 is 65.8 Å². The fourth-order valence-corrected chi connectivity index (χ4v) is 7.70. The molecule has 3 rings (SSSR count). The van der Waals surface area contributed by atoms with E-state index in [-0.39, 0.29) is 79.5 Å². The number of likely N-dealkylation sites (N-methyl/N-ethyl adjacent to an activating group) is 1. The SMILES string of the molecule is C=C/C(C)=C\C(C)=C(/C)C(=O)N[C@@H](CCNC(=O)OC(C)(C)C)C(=O)N(C)[C@@H]1C(=O)N[C@@H](C)C(=O)N[C@H](C(=O)N[C@@H](C)C(=O)NO)Cc2ccc(OCCNC(=O)OC(C)(C)C)c(c2)-c2cc1ccc2OCCNC(=O)OC(C)(C)C. The number of carbonyl (C=O) groups is 9. The van der Waals surface area contributed by atoms with E-state index in [2.05, 4.69) is 43.8 Å². The van der Waals surface area contributed by atoms with Gasteiger partial charge in [-0.05, 0) is 144 Å². The predicted molar refractivity (Wildman–Crippen MR) is 301 cm³/mol. The number of nitrogens with zero attached hydrogens (tertiary/aromatic N) is 1. The smallest absolute Gasteiger partial charge is 0.407 e. The van der Waals surface area contributed by atoms with Gasteiger partial charge in [-0.1, -0.05) is 36.4 Å². The van der Waals surface area contributed by atoms with Crippen LogP contribution in [0.4, 0.5) is 14.4 Å². The van der Waals surface area contributed by atoms with Crippen molar-refractivity contribution >= 4 is 53.7 Å². The zero-order valence-corrected chi connectivity index (χ0v) is 49.3. The van der Waals surface area contributed by atoms with Crippen molar-refractivity contribution in [2.75, 3.05) is 39.9 Å². The van der Waals surface area contributed by atoms with Gasteiger partial charge in [-0.3, -0.25) is 34.0 Å². The molecule has 0 saturated carbocycles. The molecule has 4 bridgehead atoms. The van der Waals surface area contributed by atoms with Crippen LogP contribution in [0.3, 0.4) is 0 Å². The summed E-state index contributed by atoms with van der Waals surface area (Å²) in [6.45, 7) is 26.4. The highest BCUT2D eigenvalue weighted by Gasteiger charge is 2.37. The molecule has 2 aromatic carbocycles. The number of benzene rings is 2. The minimum atomic E-state index is -1.60. The minimum Gasteiger partial charge on any atom is -0.491 e. The van der Waals surface area contributed by atoms with Gasteiger partial charge in [0.05, 0.1) is 13.1 Å². The second-order valence-electron chi connectivity index (χ2n) is 22.3. The molecule has 0 saturated heterocycles. The van der Waals surface area contributed by atoms with E-state index >= 15 is 9.59 Å². The van der Waals surface area contributed by atoms with Crippen molar-refractivity contribution in [3.63, 3.8) is 0 Å². The molecule has 24 heteroatoms. The van der Waals surface area contributed by atoms with Crippen LogP contribution in [-0.2, 0) is 49.4 Å². The normalized spacial score (nSPS) is 16.8. The average Bonchev–Trinajstić information content (AvgIpc) is 3.36. The number of nitrogens with one attached hydrogen (secondary N) is 8. The molecule has 0 spiro atoms. The summed E-state index contributed by atoms with van der Waals surface area (Å²) in [4.78, 5) is 124. The molecular formula is C57H83N9O15. The summed E-state index contributed by atoms with van der Waals surface area (Å²) in [6.07, 6.45) is 0.783. The van der Waals surface area contributed by atoms with E-state index in [0.29, 0.717) is 11.1 Å². The van der Waals surface area contributed by atoms with Gasteiger partial charge in [0.2, 0.25) is 29.5 Å². The fraction of sp³-hybridized carbons (Fsp3) is 0.526. The van der Waals surface area contributed by atoms with Gasteiger partial charge in [-0.2, -0.15) is 0 Å². The third kappa shape index (κ3) is 22.5. The number of amides is 9. The highest BCUT2D eigenvalue weighted by atomic mass is 16.6. The minimum absolute atomic E-state index is 0.0257. The molecule has 0 aliphatic carbocycles. The molecule has 24 nitrogen and oxygen atoms in total. The molecule has 0 unspecified atom stereocenters. The molecule has 1 heterocycles. The Morgan fingerprint density at radius 2 is 1.25 bits per heavy atom. The first-order valence-corrected chi connectivity index (χ1v) is 26.5. The van der Waals surface area contributed by atoms with Crippen LogP contribution < -0.4 is 52.2 Å². The third-order valence-electron chi connectivity index (χ3n) is 11.8. The molecule has 2 aromatic rings. The number of allylic oxidation sites excluding steroid dienone is 4. The number of alkyl carbamates (subject to hydrolysis) is 3. The summed E-state index contributed by atoms with van der Waals surface area (Å²) < 4.78 is 28.8. The second kappa shape index (κ2) is 29.9. The van der Waals surface area contributed by atoms with Crippen LogP contribution >= 0.6 is 0 Å². The van der Waals surface area contributed by atoms with Gasteiger partial charge in [0.1, 0.15) is 71.7 Å². The van der Waals surface area contributed by atoms with Crippen molar-refractivity contribution in [2.24, 2.45) is 0 Å². The number of hydroxylamine groups is 1. The van der Waals surface area contributed by atoms with Gasteiger partial charge in [0, 0.05) is 36.7 Å². The van der Waals surface area contributed by atoms with E-state index in [9.17, 15) is 38.8 Å². The number of carbonyl (C=O) groups excluding carboxylic acids is 9. The molecule has 5 atom stereocenters. The maximum atomic E-state index is 15.1. The topological polar surface area (TPSA) is 319 Å². The zero-order chi connectivity index (χ0) is 61.2. The Bertz CT molecular complexity index is 2700. The number of rotatable bonds is 20. The van der Waals surface area contributed by atoms with Crippen LogP contribution in [0.1, 0.15) is 121 Å². The first-order valence-electron chi connectivity index (χ1n) is 26.5. The van der Waals surface area contributed by atoms with Crippen LogP contribution in [-0.4, -0.2) is 145 Å². The molecule has 9 amide bonds. The lowest BCUT2D eigenvalue weighted by molar-refractivity contribution is -0.142. The Labute approximate surface area is 474 Å². The molecule has 446 valence electrons. The van der Waals surface area contributed by atoms with E-state index in [1.165, 1.54) is 38.5 Å². The molecule has 0 radical (unpaired) electrons. The summed E-state index contributed by atoms with van der Waals surface area (Å²) in [5.41, 5.74) is 1.78. The average molecular weight is 1130 g/mol. The van der Waals surface area contributed by atoms with Crippen molar-refractivity contribution in [2.45, 2.75) is 157 Å². The van der Waals surface area contributed by atoms with Crippen LogP contribution in [0.25, 0.3) is 11.1 Å². The maximum Gasteiger partial charge on any atom is 0.407 e. The molecule has 1 aliphatic rings. The van der Waals surface area contributed by atoms with Gasteiger partial charge in [-0.25, -0.2) is 19.9 Å². The van der Waals surface area contributed by atoms with Crippen LogP contribution in [0.2, 0.25) is 0 Å². The summed E-state index contributed by atoms with van der Waals surface area (Å²) >= 11 is 0. The third-order valence-corrected chi connectivity index (χ3v) is 11.8. The monoisotopic (exact) mass is 1130 g/mol. The molecule has 1 aliphatic heterocycles. The summed E-state index contributed by atoms with van der Waals surface area (Å²) in [6, 6.07) is 2.40. The van der Waals surface area contributed by atoms with Crippen molar-refractivity contribution < 1.29 is 72.0 Å². The predicted octanol–water partition coefficient (Wildman–Crippen LogP) is 5.08. The maximum absolute atomic E-state index is 15.1. The van der Waals surface area contributed by atoms with Gasteiger partial charge in [0.25, 0.3) is 5.91 Å². The van der Waals surface area contributed by atoms with Crippen LogP contribution in [0, 0.1) is 0 Å². The Balaban J connectivity index is 2.37. The molecule has 9 N–H and O–H groups in total. The van der Waals surface area contributed by atoms with Gasteiger partial charge in [-0.15, -0.1) is 0 Å². The largest absolute Gasteiger partial charge is 0.491 e. The summed E-state index contributed by atoms with van der Waals surface area (Å²) in [5, 5.41) is 27.8. The van der Waals surface area contributed by atoms with Gasteiger partial charge in [0.15, 0.2) is 0 Å². The standard InChI is InChI=1S/C57H83N9O15/c1-17-32(2)28-33(3)34(4)46(67)63-41(22-23-58-52(73)79-55(7,8)9)51(72)66(16)45-38-19-21-44(78-27-25-60-54(75)81-57(13,14)15)40(31-38)39-29-37(18-20-43(39)77-26-24-59-53(74)80-56(10,11)12)30-42(49(70)61-36(6)48(69)65-76)64-47(68)35(5)62-50(45)71/h17-21,28-29,31,35-36,41-42,45,76H,1,22-27,30H2,2-16H3,(H,58,73)(H,59,74)(H,60,75)(H,61,70)(H,62,71)(H,63,67)(H,64,68)(H,65,69)/b32-28-,34-33+/t35-,36-,41-,42-,45-/m0/s1. The first kappa shape index (κ1) is 67.1. The fourth-order valence-electron chi connectivity index (χ4n) is 7.70. The molecular weight excluding hydrogens is 1050 g/mol. The van der Waals surface area contributed by atoms with E-state index in [0.717, 1.165) is 10.5 Å².